The Morgan fingerprint density at radius 1 is 0.643 bits per heavy atom. The van der Waals surface area contributed by atoms with E-state index in [1.165, 1.54) is 17.4 Å². The van der Waals surface area contributed by atoms with Crippen molar-refractivity contribution in [1.29, 1.82) is 0 Å². The summed E-state index contributed by atoms with van der Waals surface area (Å²) in [6.07, 6.45) is 2.92. The minimum absolute atomic E-state index is 0.0542. The lowest BCUT2D eigenvalue weighted by Gasteiger charge is -2.33. The van der Waals surface area contributed by atoms with Crippen LogP contribution in [0.3, 0.4) is 0 Å². The van der Waals surface area contributed by atoms with Gasteiger partial charge in [0.1, 0.15) is 5.60 Å². The largest absolute Gasteiger partial charge is 0.380 e. The van der Waals surface area contributed by atoms with Crippen molar-refractivity contribution in [3.63, 3.8) is 0 Å². The highest BCUT2D eigenvalue weighted by molar-refractivity contribution is 7.90. The molecular formula is C36H50N2O3S. The molecule has 1 heterocycles. The Labute approximate surface area is 254 Å². The number of rotatable bonds is 8. The second-order valence-electron chi connectivity index (χ2n) is 14.2. The Morgan fingerprint density at radius 2 is 1.07 bits per heavy atom. The molecule has 0 atom stereocenters. The van der Waals surface area contributed by atoms with E-state index in [1.54, 1.807) is 12.1 Å². The third kappa shape index (κ3) is 8.10. The van der Waals surface area contributed by atoms with E-state index in [1.807, 2.05) is 12.1 Å². The topological polar surface area (TPSA) is 60.9 Å². The second kappa shape index (κ2) is 12.6. The predicted molar refractivity (Wildman–Crippen MR) is 174 cm³/mol. The molecule has 1 aliphatic heterocycles. The summed E-state index contributed by atoms with van der Waals surface area (Å²) in [6, 6.07) is 24.3. The first-order valence-corrected chi connectivity index (χ1v) is 17.1. The van der Waals surface area contributed by atoms with Crippen LogP contribution in [0.4, 0.5) is 0 Å². The van der Waals surface area contributed by atoms with E-state index in [-0.39, 0.29) is 10.8 Å². The summed E-state index contributed by atoms with van der Waals surface area (Å²) in [7, 11) is -3.18. The normalized spacial score (nSPS) is 16.4. The summed E-state index contributed by atoms with van der Waals surface area (Å²) in [5.74, 6) is 0. The van der Waals surface area contributed by atoms with E-state index < -0.39 is 15.4 Å². The molecule has 4 rings (SSSR count). The van der Waals surface area contributed by atoms with Gasteiger partial charge in [-0.15, -0.1) is 0 Å². The van der Waals surface area contributed by atoms with Gasteiger partial charge < -0.3 is 10.0 Å². The summed E-state index contributed by atoms with van der Waals surface area (Å²) in [4.78, 5) is 5.28. The maximum Gasteiger partial charge on any atom is 0.175 e. The maximum absolute atomic E-state index is 12.4. The Morgan fingerprint density at radius 3 is 1.52 bits per heavy atom. The van der Waals surface area contributed by atoms with E-state index >= 15 is 0 Å². The van der Waals surface area contributed by atoms with Crippen molar-refractivity contribution in [3.8, 4) is 0 Å². The zero-order chi connectivity index (χ0) is 30.8. The van der Waals surface area contributed by atoms with Gasteiger partial charge in [0.2, 0.25) is 0 Å². The fraction of sp³-hybridized carbons (Fsp3) is 0.500. The lowest BCUT2D eigenvalue weighted by Crippen LogP contribution is -2.36. The number of hydrogen-bond donors (Lipinski definition) is 1. The zero-order valence-electron chi connectivity index (χ0n) is 26.7. The standard InChI is InChI=1S/C36H50N2O3S/c1-34(2,3)29-11-15-31(16-12-29)36(39,32-17-13-30(14-18-32)35(4,5)6)21-24-37-22-8-23-38(26-25-37)27-28-9-19-33(20-10-28)42(7,40)41/h9-20,39H,8,21-27H2,1-7H3. The molecule has 0 bridgehead atoms. The van der Waals surface area contributed by atoms with Gasteiger partial charge in [0.15, 0.2) is 9.84 Å². The number of aliphatic hydroxyl groups is 1. The van der Waals surface area contributed by atoms with Crippen LogP contribution in [0.1, 0.15) is 82.2 Å². The molecule has 5 nitrogen and oxygen atoms in total. The molecule has 228 valence electrons. The lowest BCUT2D eigenvalue weighted by molar-refractivity contribution is 0.0576. The summed E-state index contributed by atoms with van der Waals surface area (Å²) in [5.41, 5.74) is 4.55. The molecule has 3 aromatic carbocycles. The minimum Gasteiger partial charge on any atom is -0.380 e. The molecule has 6 heteroatoms. The third-order valence-corrected chi connectivity index (χ3v) is 9.81. The molecule has 1 saturated heterocycles. The average molecular weight is 591 g/mol. The molecule has 0 spiro atoms. The van der Waals surface area contributed by atoms with E-state index in [9.17, 15) is 13.5 Å². The van der Waals surface area contributed by atoms with Crippen LogP contribution in [-0.4, -0.2) is 62.3 Å². The van der Waals surface area contributed by atoms with Crippen LogP contribution in [-0.2, 0) is 32.8 Å². The van der Waals surface area contributed by atoms with Crippen molar-refractivity contribution in [1.82, 2.24) is 9.80 Å². The van der Waals surface area contributed by atoms with Crippen LogP contribution in [0.2, 0.25) is 0 Å². The zero-order valence-corrected chi connectivity index (χ0v) is 27.5. The SMILES string of the molecule is CC(C)(C)c1ccc(C(O)(CCN2CCCN(Cc3ccc(S(C)(=O)=O)cc3)CC2)c2ccc(C(C)(C)C)cc2)cc1. The Bertz CT molecular complexity index is 1360. The smallest absolute Gasteiger partial charge is 0.175 e. The Kier molecular flexibility index (Phi) is 9.73. The fourth-order valence-corrected chi connectivity index (χ4v) is 6.40. The molecule has 1 aliphatic rings. The number of sulfone groups is 1. The van der Waals surface area contributed by atoms with Crippen LogP contribution in [0, 0.1) is 0 Å². The Hall–Kier alpha value is -2.51. The summed E-state index contributed by atoms with van der Waals surface area (Å²) in [6.45, 7) is 18.8. The van der Waals surface area contributed by atoms with Gasteiger partial charge in [-0.25, -0.2) is 8.42 Å². The first kappa shape index (κ1) is 32.4. The maximum atomic E-state index is 12.4. The first-order valence-electron chi connectivity index (χ1n) is 15.2. The minimum atomic E-state index is -3.18. The quantitative estimate of drug-likeness (QED) is 0.324. The van der Waals surface area contributed by atoms with Crippen molar-refractivity contribution < 1.29 is 13.5 Å². The van der Waals surface area contributed by atoms with Gasteiger partial charge in [-0.2, -0.15) is 0 Å². The molecule has 3 aromatic rings. The molecule has 0 aromatic heterocycles. The molecule has 0 amide bonds. The van der Waals surface area contributed by atoms with Gasteiger partial charge in [-0.3, -0.25) is 4.90 Å². The van der Waals surface area contributed by atoms with Crippen molar-refractivity contribution in [3.05, 3.63) is 101 Å². The van der Waals surface area contributed by atoms with Crippen molar-refractivity contribution in [2.45, 2.75) is 82.3 Å². The predicted octanol–water partition coefficient (Wildman–Crippen LogP) is 6.52. The summed E-state index contributed by atoms with van der Waals surface area (Å²) in [5, 5.41) is 12.4. The monoisotopic (exact) mass is 590 g/mol. The Balaban J connectivity index is 1.47. The highest BCUT2D eigenvalue weighted by Gasteiger charge is 2.33. The van der Waals surface area contributed by atoms with Gasteiger partial charge in [-0.05, 0) is 76.7 Å². The molecule has 1 N–H and O–H groups in total. The molecule has 0 saturated carbocycles. The second-order valence-corrected chi connectivity index (χ2v) is 16.2. The molecular weight excluding hydrogens is 540 g/mol. The average Bonchev–Trinajstić information content (AvgIpc) is 3.16. The van der Waals surface area contributed by atoms with Crippen molar-refractivity contribution >= 4 is 9.84 Å². The highest BCUT2D eigenvalue weighted by Crippen LogP contribution is 2.36. The van der Waals surface area contributed by atoms with Crippen LogP contribution in [0.15, 0.2) is 77.7 Å². The molecule has 0 unspecified atom stereocenters. The van der Waals surface area contributed by atoms with Gasteiger partial charge in [0.05, 0.1) is 4.90 Å². The van der Waals surface area contributed by atoms with E-state index in [0.29, 0.717) is 11.3 Å². The van der Waals surface area contributed by atoms with Gasteiger partial charge >= 0.3 is 0 Å². The summed E-state index contributed by atoms with van der Waals surface area (Å²) < 4.78 is 23.6. The first-order chi connectivity index (χ1) is 19.6. The molecule has 42 heavy (non-hydrogen) atoms. The molecule has 0 aliphatic carbocycles. The van der Waals surface area contributed by atoms with E-state index in [0.717, 1.165) is 62.4 Å². The van der Waals surface area contributed by atoms with E-state index in [2.05, 4.69) is 99.9 Å². The third-order valence-electron chi connectivity index (χ3n) is 8.69. The van der Waals surface area contributed by atoms with Gasteiger partial charge in [0, 0.05) is 32.4 Å². The van der Waals surface area contributed by atoms with Crippen LogP contribution in [0.25, 0.3) is 0 Å². The summed E-state index contributed by atoms with van der Waals surface area (Å²) >= 11 is 0. The van der Waals surface area contributed by atoms with E-state index in [4.69, 9.17) is 0 Å². The van der Waals surface area contributed by atoms with Crippen LogP contribution < -0.4 is 0 Å². The number of benzene rings is 3. The molecule has 1 fully saturated rings. The van der Waals surface area contributed by atoms with Crippen LogP contribution in [0.5, 0.6) is 0 Å². The fourth-order valence-electron chi connectivity index (χ4n) is 5.77. The van der Waals surface area contributed by atoms with Gasteiger partial charge in [0.25, 0.3) is 0 Å². The lowest BCUT2D eigenvalue weighted by atomic mass is 9.79. The van der Waals surface area contributed by atoms with Gasteiger partial charge in [-0.1, -0.05) is 102 Å². The number of hydrogen-bond acceptors (Lipinski definition) is 5. The van der Waals surface area contributed by atoms with Crippen LogP contribution >= 0.6 is 0 Å². The van der Waals surface area contributed by atoms with Crippen molar-refractivity contribution in [2.75, 3.05) is 39.0 Å². The van der Waals surface area contributed by atoms with Crippen molar-refractivity contribution in [2.24, 2.45) is 0 Å². The number of nitrogens with zero attached hydrogens (tertiary/aromatic N) is 2. The highest BCUT2D eigenvalue weighted by atomic mass is 32.2. The molecule has 0 radical (unpaired) electrons.